The molecule has 0 bridgehead atoms. The van der Waals surface area contributed by atoms with Gasteiger partial charge in [-0.05, 0) is 18.6 Å². The lowest BCUT2D eigenvalue weighted by Gasteiger charge is -2.00. The first-order valence-corrected chi connectivity index (χ1v) is 5.82. The van der Waals surface area contributed by atoms with Gasteiger partial charge in [-0.2, -0.15) is 11.8 Å². The van der Waals surface area contributed by atoms with Gasteiger partial charge in [0.25, 0.3) is 0 Å². The Bertz CT molecular complexity index is 185. The van der Waals surface area contributed by atoms with Crippen LogP contribution < -0.4 is 5.32 Å². The second-order valence-corrected chi connectivity index (χ2v) is 4.04. The van der Waals surface area contributed by atoms with Gasteiger partial charge in [0.2, 0.25) is 5.91 Å². The Morgan fingerprint density at radius 1 is 1.29 bits per heavy atom. The third-order valence-corrected chi connectivity index (χ3v) is 2.73. The van der Waals surface area contributed by atoms with Crippen LogP contribution in [0.5, 0.6) is 0 Å². The first-order chi connectivity index (χ1) is 6.66. The number of carboxylic acid groups (broad SMARTS) is 1. The van der Waals surface area contributed by atoms with Gasteiger partial charge in [0.1, 0.15) is 0 Å². The minimum atomic E-state index is -0.733. The maximum Gasteiger partial charge on any atom is 0.303 e. The summed E-state index contributed by atoms with van der Waals surface area (Å²) in [6, 6.07) is 0. The van der Waals surface area contributed by atoms with Gasteiger partial charge in [-0.25, -0.2) is 0 Å². The minimum absolute atomic E-state index is 0.0422. The third kappa shape index (κ3) is 9.38. The van der Waals surface area contributed by atoms with E-state index in [1.807, 2.05) is 0 Å². The van der Waals surface area contributed by atoms with Crippen molar-refractivity contribution in [1.29, 1.82) is 0 Å². The van der Waals surface area contributed by atoms with Gasteiger partial charge in [-0.1, -0.05) is 6.42 Å². The highest BCUT2D eigenvalue weighted by molar-refractivity contribution is 7.99. The average molecular weight is 219 g/mol. The molecule has 0 aromatic heterocycles. The number of carbonyl (C=O) groups excluding carboxylic acids is 1. The van der Waals surface area contributed by atoms with Crippen molar-refractivity contribution in [3.05, 3.63) is 0 Å². The van der Waals surface area contributed by atoms with E-state index in [0.717, 1.165) is 25.0 Å². The van der Waals surface area contributed by atoms with Crippen molar-refractivity contribution in [2.45, 2.75) is 25.7 Å². The largest absolute Gasteiger partial charge is 0.481 e. The number of rotatable bonds is 8. The smallest absolute Gasteiger partial charge is 0.303 e. The Kier molecular flexibility index (Phi) is 8.42. The summed E-state index contributed by atoms with van der Waals surface area (Å²) in [5, 5.41) is 10.9. The SMILES string of the molecule is CNC(=O)CSCCCCCC(=O)O. The number of hydrogen-bond acceptors (Lipinski definition) is 3. The fourth-order valence-corrected chi connectivity index (χ4v) is 1.78. The molecule has 0 unspecified atom stereocenters. The molecule has 1 amide bonds. The predicted octanol–water partition coefficient (Wildman–Crippen LogP) is 1.11. The molecular weight excluding hydrogens is 202 g/mol. The molecule has 0 spiro atoms. The standard InChI is InChI=1S/C9H17NO3S/c1-10-8(11)7-14-6-4-2-3-5-9(12)13/h2-7H2,1H3,(H,10,11)(H,12,13). The van der Waals surface area contributed by atoms with Crippen LogP contribution in [-0.4, -0.2) is 35.5 Å². The quantitative estimate of drug-likeness (QED) is 0.600. The molecule has 2 N–H and O–H groups in total. The van der Waals surface area contributed by atoms with Crippen LogP contribution >= 0.6 is 11.8 Å². The molecule has 0 saturated heterocycles. The van der Waals surface area contributed by atoms with Crippen LogP contribution in [-0.2, 0) is 9.59 Å². The molecule has 0 aliphatic heterocycles. The molecule has 0 radical (unpaired) electrons. The van der Waals surface area contributed by atoms with E-state index in [0.29, 0.717) is 5.75 Å². The summed E-state index contributed by atoms with van der Waals surface area (Å²) >= 11 is 1.59. The zero-order chi connectivity index (χ0) is 10.8. The molecule has 0 saturated carbocycles. The van der Waals surface area contributed by atoms with Gasteiger partial charge in [-0.15, -0.1) is 0 Å². The fraction of sp³-hybridized carbons (Fsp3) is 0.778. The van der Waals surface area contributed by atoms with Gasteiger partial charge < -0.3 is 10.4 Å². The van der Waals surface area contributed by atoms with Gasteiger partial charge >= 0.3 is 5.97 Å². The van der Waals surface area contributed by atoms with E-state index in [1.165, 1.54) is 0 Å². The van der Waals surface area contributed by atoms with E-state index in [4.69, 9.17) is 5.11 Å². The van der Waals surface area contributed by atoms with E-state index < -0.39 is 5.97 Å². The number of unbranched alkanes of at least 4 members (excludes halogenated alkanes) is 2. The summed E-state index contributed by atoms with van der Waals surface area (Å²) in [6.07, 6.45) is 2.89. The molecule has 4 nitrogen and oxygen atoms in total. The number of aliphatic carboxylic acids is 1. The van der Waals surface area contributed by atoms with E-state index in [-0.39, 0.29) is 12.3 Å². The van der Waals surface area contributed by atoms with Crippen molar-refractivity contribution in [1.82, 2.24) is 5.32 Å². The molecule has 0 aromatic carbocycles. The Morgan fingerprint density at radius 2 is 2.00 bits per heavy atom. The summed E-state index contributed by atoms with van der Waals surface area (Å²) in [6.45, 7) is 0. The highest BCUT2D eigenvalue weighted by Crippen LogP contribution is 2.07. The minimum Gasteiger partial charge on any atom is -0.481 e. The van der Waals surface area contributed by atoms with E-state index in [9.17, 15) is 9.59 Å². The lowest BCUT2D eigenvalue weighted by atomic mass is 10.2. The van der Waals surface area contributed by atoms with Crippen LogP contribution in [0, 0.1) is 0 Å². The van der Waals surface area contributed by atoms with Crippen molar-refractivity contribution in [2.24, 2.45) is 0 Å². The van der Waals surface area contributed by atoms with Crippen LogP contribution in [0.4, 0.5) is 0 Å². The Hall–Kier alpha value is -0.710. The van der Waals surface area contributed by atoms with E-state index >= 15 is 0 Å². The van der Waals surface area contributed by atoms with Gasteiger partial charge in [0, 0.05) is 13.5 Å². The number of hydrogen-bond donors (Lipinski definition) is 2. The van der Waals surface area contributed by atoms with Crippen molar-refractivity contribution < 1.29 is 14.7 Å². The van der Waals surface area contributed by atoms with Crippen LogP contribution in [0.3, 0.4) is 0 Å². The van der Waals surface area contributed by atoms with Crippen molar-refractivity contribution in [3.63, 3.8) is 0 Å². The molecule has 0 aliphatic rings. The third-order valence-electron chi connectivity index (χ3n) is 1.69. The Balaban J connectivity index is 3.06. The zero-order valence-corrected chi connectivity index (χ0v) is 9.23. The zero-order valence-electron chi connectivity index (χ0n) is 8.41. The molecule has 0 heterocycles. The fourth-order valence-electron chi connectivity index (χ4n) is 0.894. The first kappa shape index (κ1) is 13.3. The number of amides is 1. The van der Waals surface area contributed by atoms with Crippen LogP contribution in [0.25, 0.3) is 0 Å². The van der Waals surface area contributed by atoms with Gasteiger partial charge in [0.15, 0.2) is 0 Å². The summed E-state index contributed by atoms with van der Waals surface area (Å²) in [7, 11) is 1.62. The number of carbonyl (C=O) groups is 2. The molecule has 5 heteroatoms. The van der Waals surface area contributed by atoms with Crippen LogP contribution in [0.1, 0.15) is 25.7 Å². The molecule has 0 fully saturated rings. The van der Waals surface area contributed by atoms with Crippen LogP contribution in [0.2, 0.25) is 0 Å². The van der Waals surface area contributed by atoms with Crippen molar-refractivity contribution in [2.75, 3.05) is 18.6 Å². The van der Waals surface area contributed by atoms with Crippen LogP contribution in [0.15, 0.2) is 0 Å². The maximum atomic E-state index is 10.8. The second-order valence-electron chi connectivity index (χ2n) is 2.93. The first-order valence-electron chi connectivity index (χ1n) is 4.67. The molecule has 0 aromatic rings. The molecule has 14 heavy (non-hydrogen) atoms. The van der Waals surface area contributed by atoms with Gasteiger partial charge in [0.05, 0.1) is 5.75 Å². The lowest BCUT2D eigenvalue weighted by molar-refractivity contribution is -0.137. The second kappa shape index (κ2) is 8.87. The molecule has 0 atom stereocenters. The molecule has 0 aliphatic carbocycles. The van der Waals surface area contributed by atoms with Crippen molar-refractivity contribution >= 4 is 23.6 Å². The summed E-state index contributed by atoms with van der Waals surface area (Å²) in [5.41, 5.74) is 0. The highest BCUT2D eigenvalue weighted by Gasteiger charge is 1.98. The Labute approximate surface area is 88.4 Å². The number of nitrogens with one attached hydrogen (secondary N) is 1. The van der Waals surface area contributed by atoms with Crippen molar-refractivity contribution in [3.8, 4) is 0 Å². The number of carboxylic acids is 1. The average Bonchev–Trinajstić information content (AvgIpc) is 2.15. The van der Waals surface area contributed by atoms with Gasteiger partial charge in [-0.3, -0.25) is 9.59 Å². The normalized spacial score (nSPS) is 9.79. The highest BCUT2D eigenvalue weighted by atomic mass is 32.2. The monoisotopic (exact) mass is 219 g/mol. The molecule has 0 rings (SSSR count). The number of thioether (sulfide) groups is 1. The molecule has 82 valence electrons. The topological polar surface area (TPSA) is 66.4 Å². The van der Waals surface area contributed by atoms with E-state index in [1.54, 1.807) is 18.8 Å². The Morgan fingerprint density at radius 3 is 2.57 bits per heavy atom. The van der Waals surface area contributed by atoms with E-state index in [2.05, 4.69) is 5.32 Å². The maximum absolute atomic E-state index is 10.8. The summed E-state index contributed by atoms with van der Waals surface area (Å²) in [4.78, 5) is 20.9. The summed E-state index contributed by atoms with van der Waals surface area (Å²) < 4.78 is 0. The lowest BCUT2D eigenvalue weighted by Crippen LogP contribution is -2.19. The summed E-state index contributed by atoms with van der Waals surface area (Å²) in [5.74, 6) is 0.728. The molecular formula is C9H17NO3S. The predicted molar refractivity (Wildman–Crippen MR) is 57.5 cm³/mol.